The number of nitrogens with one attached hydrogen (secondary N) is 1. The first-order chi connectivity index (χ1) is 15.5. The summed E-state index contributed by atoms with van der Waals surface area (Å²) in [5.74, 6) is -0.233. The fourth-order valence-electron chi connectivity index (χ4n) is 4.18. The molecule has 3 unspecified atom stereocenters. The first kappa shape index (κ1) is 22.3. The summed E-state index contributed by atoms with van der Waals surface area (Å²) < 4.78 is 38.5. The highest BCUT2D eigenvalue weighted by Gasteiger charge is 2.35. The van der Waals surface area contributed by atoms with Gasteiger partial charge in [0.2, 0.25) is 0 Å². The summed E-state index contributed by atoms with van der Waals surface area (Å²) >= 11 is 0. The summed E-state index contributed by atoms with van der Waals surface area (Å²) in [6.45, 7) is 0.804. The van der Waals surface area contributed by atoms with Crippen molar-refractivity contribution in [1.29, 1.82) is 0 Å². The lowest BCUT2D eigenvalue weighted by atomic mass is 9.82. The van der Waals surface area contributed by atoms with Crippen LogP contribution in [0.1, 0.15) is 29.0 Å². The van der Waals surface area contributed by atoms with Gasteiger partial charge in [-0.2, -0.15) is 0 Å². The first-order valence-corrected chi connectivity index (χ1v) is 10.6. The van der Waals surface area contributed by atoms with E-state index in [1.165, 1.54) is 24.3 Å². The highest BCUT2D eigenvalue weighted by Crippen LogP contribution is 2.35. The zero-order valence-electron chi connectivity index (χ0n) is 17.7. The number of aromatic nitrogens is 1. The number of nitrogens with zero attached hydrogens (tertiary/aromatic N) is 1. The van der Waals surface area contributed by atoms with Crippen molar-refractivity contribution in [2.24, 2.45) is 0 Å². The van der Waals surface area contributed by atoms with Gasteiger partial charge in [-0.15, -0.1) is 0 Å². The molecular weight excluding hydrogens is 414 g/mol. The van der Waals surface area contributed by atoms with Crippen LogP contribution in [0, 0.1) is 11.6 Å². The van der Waals surface area contributed by atoms with E-state index in [9.17, 15) is 13.9 Å². The largest absolute Gasteiger partial charge is 0.495 e. The van der Waals surface area contributed by atoms with Gasteiger partial charge in [0, 0.05) is 30.6 Å². The van der Waals surface area contributed by atoms with E-state index in [2.05, 4.69) is 10.3 Å². The predicted molar refractivity (Wildman–Crippen MR) is 116 cm³/mol. The van der Waals surface area contributed by atoms with Gasteiger partial charge in [-0.25, -0.2) is 8.78 Å². The average Bonchev–Trinajstić information content (AvgIpc) is 2.81. The van der Waals surface area contributed by atoms with E-state index < -0.39 is 6.10 Å². The van der Waals surface area contributed by atoms with Crippen LogP contribution < -0.4 is 10.1 Å². The zero-order chi connectivity index (χ0) is 22.5. The lowest BCUT2D eigenvalue weighted by Gasteiger charge is -2.38. The van der Waals surface area contributed by atoms with Crippen LogP contribution in [0.4, 0.5) is 8.78 Å². The van der Waals surface area contributed by atoms with E-state index in [4.69, 9.17) is 9.47 Å². The molecule has 2 N–H and O–H groups in total. The quantitative estimate of drug-likeness (QED) is 0.585. The molecule has 0 aliphatic carbocycles. The van der Waals surface area contributed by atoms with Gasteiger partial charge in [0.05, 0.1) is 38.2 Å². The number of halogens is 2. The van der Waals surface area contributed by atoms with Gasteiger partial charge in [-0.1, -0.05) is 24.3 Å². The fraction of sp³-hybridized carbons (Fsp3) is 0.320. The number of methoxy groups -OCH3 is 1. The lowest BCUT2D eigenvalue weighted by molar-refractivity contribution is -0.0718. The number of hydrogen-bond acceptors (Lipinski definition) is 5. The number of aliphatic hydroxyl groups excluding tert-OH is 1. The highest BCUT2D eigenvalue weighted by molar-refractivity contribution is 5.35. The molecule has 1 aliphatic rings. The second-order valence-electron chi connectivity index (χ2n) is 7.93. The van der Waals surface area contributed by atoms with E-state index >= 15 is 0 Å². The fourth-order valence-corrected chi connectivity index (χ4v) is 4.18. The van der Waals surface area contributed by atoms with E-state index in [1.54, 1.807) is 43.8 Å². The number of benzene rings is 2. The van der Waals surface area contributed by atoms with E-state index in [0.29, 0.717) is 25.3 Å². The van der Waals surface area contributed by atoms with Crippen molar-refractivity contribution >= 4 is 0 Å². The minimum absolute atomic E-state index is 0.257. The normalized spacial score (nSPS) is 21.0. The minimum atomic E-state index is -0.648. The summed E-state index contributed by atoms with van der Waals surface area (Å²) in [5.41, 5.74) is 2.64. The Balaban J connectivity index is 1.48. The Hall–Kier alpha value is -2.87. The molecule has 5 nitrogen and oxygen atoms in total. The number of hydrogen-bond donors (Lipinski definition) is 2. The number of ether oxygens (including phenoxy) is 2. The van der Waals surface area contributed by atoms with Gasteiger partial charge < -0.3 is 19.9 Å². The molecule has 0 spiro atoms. The Kier molecular flexibility index (Phi) is 7.09. The highest BCUT2D eigenvalue weighted by atomic mass is 19.1. The standard InChI is InChI=1S/C25H26F2N2O3/c1-31-24-14-28-11-10-18(24)13-29-21-15-32-23(12-22(21)30)25(16-2-6-19(26)7-3-16)17-4-8-20(27)9-5-17/h2-11,14,21-23,25,29-30H,12-13,15H2,1H3. The molecule has 1 aromatic heterocycles. The molecule has 3 atom stereocenters. The minimum Gasteiger partial charge on any atom is -0.495 e. The SMILES string of the molecule is COc1cnccc1CNC1COC(C(c2ccc(F)cc2)c2ccc(F)cc2)CC1O. The number of pyridine rings is 1. The maximum absolute atomic E-state index is 13.5. The van der Waals surface area contributed by atoms with Crippen molar-refractivity contribution in [2.75, 3.05) is 13.7 Å². The van der Waals surface area contributed by atoms with Crippen molar-refractivity contribution in [3.8, 4) is 5.75 Å². The third kappa shape index (κ3) is 5.12. The van der Waals surface area contributed by atoms with E-state index in [1.807, 2.05) is 6.07 Å². The van der Waals surface area contributed by atoms with Crippen LogP contribution in [0.15, 0.2) is 67.0 Å². The van der Waals surface area contributed by atoms with Gasteiger partial charge in [0.1, 0.15) is 17.4 Å². The van der Waals surface area contributed by atoms with Crippen molar-refractivity contribution < 1.29 is 23.4 Å². The summed E-state index contributed by atoms with van der Waals surface area (Å²) in [4.78, 5) is 4.05. The van der Waals surface area contributed by atoms with Crippen LogP contribution in [-0.2, 0) is 11.3 Å². The van der Waals surface area contributed by atoms with Crippen LogP contribution in [-0.4, -0.2) is 42.1 Å². The summed E-state index contributed by atoms with van der Waals surface area (Å²) in [6.07, 6.45) is 2.74. The van der Waals surface area contributed by atoms with Gasteiger partial charge in [0.25, 0.3) is 0 Å². The van der Waals surface area contributed by atoms with Crippen molar-refractivity contribution in [2.45, 2.75) is 37.1 Å². The van der Waals surface area contributed by atoms with E-state index in [0.717, 1.165) is 16.7 Å². The third-order valence-corrected chi connectivity index (χ3v) is 5.90. The van der Waals surface area contributed by atoms with Crippen molar-refractivity contribution in [3.05, 3.63) is 95.3 Å². The van der Waals surface area contributed by atoms with Gasteiger partial charge in [-0.05, 0) is 41.5 Å². The molecule has 0 radical (unpaired) electrons. The Bertz CT molecular complexity index is 969. The molecule has 168 valence electrons. The Labute approximate surface area is 186 Å². The van der Waals surface area contributed by atoms with Crippen molar-refractivity contribution in [1.82, 2.24) is 10.3 Å². The summed E-state index contributed by atoms with van der Waals surface area (Å²) in [6, 6.07) is 14.0. The van der Waals surface area contributed by atoms with Crippen LogP contribution in [0.2, 0.25) is 0 Å². The maximum Gasteiger partial charge on any atom is 0.141 e. The Morgan fingerprint density at radius 1 is 1.06 bits per heavy atom. The van der Waals surface area contributed by atoms with Crippen LogP contribution in [0.25, 0.3) is 0 Å². The molecule has 4 rings (SSSR count). The Morgan fingerprint density at radius 2 is 1.69 bits per heavy atom. The molecule has 1 fully saturated rings. The topological polar surface area (TPSA) is 63.6 Å². The molecule has 0 amide bonds. The molecular formula is C25H26F2N2O3. The molecule has 7 heteroatoms. The molecule has 2 aromatic carbocycles. The average molecular weight is 440 g/mol. The maximum atomic E-state index is 13.5. The molecule has 0 bridgehead atoms. The molecule has 32 heavy (non-hydrogen) atoms. The van der Waals surface area contributed by atoms with E-state index in [-0.39, 0.29) is 29.7 Å². The first-order valence-electron chi connectivity index (χ1n) is 10.6. The number of rotatable bonds is 7. The predicted octanol–water partition coefficient (Wildman–Crippen LogP) is 3.81. The second kappa shape index (κ2) is 10.2. The van der Waals surface area contributed by atoms with Crippen molar-refractivity contribution in [3.63, 3.8) is 0 Å². The second-order valence-corrected chi connectivity index (χ2v) is 7.93. The zero-order valence-corrected chi connectivity index (χ0v) is 17.7. The van der Waals surface area contributed by atoms with Gasteiger partial charge >= 0.3 is 0 Å². The Morgan fingerprint density at radius 3 is 2.25 bits per heavy atom. The van der Waals surface area contributed by atoms with Gasteiger partial charge in [0.15, 0.2) is 0 Å². The molecule has 1 saturated heterocycles. The third-order valence-electron chi connectivity index (χ3n) is 5.90. The smallest absolute Gasteiger partial charge is 0.141 e. The molecule has 0 saturated carbocycles. The summed E-state index contributed by atoms with van der Waals surface area (Å²) in [5, 5.41) is 14.2. The number of aliphatic hydroxyl groups is 1. The van der Waals surface area contributed by atoms with Gasteiger partial charge in [-0.3, -0.25) is 4.98 Å². The monoisotopic (exact) mass is 440 g/mol. The molecule has 3 aromatic rings. The van der Waals surface area contributed by atoms with Crippen LogP contribution >= 0.6 is 0 Å². The lowest BCUT2D eigenvalue weighted by Crippen LogP contribution is -2.50. The molecule has 2 heterocycles. The summed E-state index contributed by atoms with van der Waals surface area (Å²) in [7, 11) is 1.59. The molecule has 1 aliphatic heterocycles. The van der Waals surface area contributed by atoms with Crippen LogP contribution in [0.3, 0.4) is 0 Å². The van der Waals surface area contributed by atoms with Crippen LogP contribution in [0.5, 0.6) is 5.75 Å².